The van der Waals surface area contributed by atoms with Crippen LogP contribution in [0, 0.1) is 5.92 Å². The molecular weight excluding hydrogens is 311 g/mol. The Balaban J connectivity index is 2.79. The summed E-state index contributed by atoms with van der Waals surface area (Å²) >= 11 is 3.06. The maximum atomic E-state index is 12.1. The average Bonchev–Trinajstić information content (AvgIpc) is 2.20. The van der Waals surface area contributed by atoms with E-state index in [1.54, 1.807) is 12.1 Å². The van der Waals surface area contributed by atoms with E-state index < -0.39 is 6.36 Å². The van der Waals surface area contributed by atoms with Crippen molar-refractivity contribution >= 4 is 21.6 Å². The summed E-state index contributed by atoms with van der Waals surface area (Å²) in [5.41, 5.74) is 0.748. The molecule has 1 unspecified atom stereocenters. The Morgan fingerprint density at radius 3 is 2.28 bits per heavy atom. The number of ether oxygens (including phenoxy) is 1. The van der Waals surface area contributed by atoms with Crippen molar-refractivity contribution in [2.75, 3.05) is 5.32 Å². The second kappa shape index (κ2) is 5.82. The van der Waals surface area contributed by atoms with Crippen LogP contribution in [0.15, 0.2) is 22.7 Å². The lowest BCUT2D eigenvalue weighted by atomic mass is 10.1. The van der Waals surface area contributed by atoms with Gasteiger partial charge >= 0.3 is 6.36 Å². The fourth-order valence-electron chi connectivity index (χ4n) is 1.23. The van der Waals surface area contributed by atoms with Gasteiger partial charge in [-0.25, -0.2) is 0 Å². The molecule has 0 aliphatic heterocycles. The molecule has 0 aliphatic carbocycles. The van der Waals surface area contributed by atoms with Gasteiger partial charge in [-0.15, -0.1) is 13.2 Å². The summed E-state index contributed by atoms with van der Waals surface area (Å²) in [6, 6.07) is 4.64. The van der Waals surface area contributed by atoms with Gasteiger partial charge in [-0.3, -0.25) is 0 Å². The van der Waals surface area contributed by atoms with Gasteiger partial charge in [0.05, 0.1) is 4.47 Å². The van der Waals surface area contributed by atoms with E-state index in [0.717, 1.165) is 5.69 Å². The minimum Gasteiger partial charge on any atom is -0.405 e. The lowest BCUT2D eigenvalue weighted by Crippen LogP contribution is -2.21. The number of hydrogen-bond acceptors (Lipinski definition) is 2. The Kier molecular flexibility index (Phi) is 4.90. The predicted octanol–water partition coefficient (Wildman–Crippen LogP) is 4.80. The van der Waals surface area contributed by atoms with Crippen LogP contribution in [-0.2, 0) is 0 Å². The van der Waals surface area contributed by atoms with Crippen LogP contribution in [0.3, 0.4) is 0 Å². The van der Waals surface area contributed by atoms with E-state index in [9.17, 15) is 13.2 Å². The number of nitrogens with one attached hydrogen (secondary N) is 1. The molecule has 0 saturated carbocycles. The van der Waals surface area contributed by atoms with Gasteiger partial charge in [0, 0.05) is 11.7 Å². The quantitative estimate of drug-likeness (QED) is 0.858. The predicted molar refractivity (Wildman–Crippen MR) is 68.7 cm³/mol. The van der Waals surface area contributed by atoms with Crippen LogP contribution in [0.2, 0.25) is 0 Å². The topological polar surface area (TPSA) is 21.3 Å². The Morgan fingerprint density at radius 1 is 1.22 bits per heavy atom. The zero-order chi connectivity index (χ0) is 13.9. The van der Waals surface area contributed by atoms with Gasteiger partial charge in [0.25, 0.3) is 0 Å². The van der Waals surface area contributed by atoms with Crippen LogP contribution < -0.4 is 10.1 Å². The van der Waals surface area contributed by atoms with Crippen molar-refractivity contribution in [3.63, 3.8) is 0 Å². The largest absolute Gasteiger partial charge is 0.573 e. The van der Waals surface area contributed by atoms with Gasteiger partial charge in [0.15, 0.2) is 0 Å². The number of anilines is 1. The molecule has 1 atom stereocenters. The van der Waals surface area contributed by atoms with Crippen molar-refractivity contribution in [1.82, 2.24) is 0 Å². The van der Waals surface area contributed by atoms with Crippen LogP contribution in [0.5, 0.6) is 5.75 Å². The van der Waals surface area contributed by atoms with Crippen LogP contribution in [-0.4, -0.2) is 12.4 Å². The van der Waals surface area contributed by atoms with E-state index in [1.807, 2.05) is 6.92 Å². The third kappa shape index (κ3) is 4.76. The highest BCUT2D eigenvalue weighted by atomic mass is 79.9. The molecule has 0 saturated heterocycles. The summed E-state index contributed by atoms with van der Waals surface area (Å²) in [6.07, 6.45) is -4.68. The summed E-state index contributed by atoms with van der Waals surface area (Å²) in [5, 5.41) is 3.21. The Hall–Kier alpha value is -0.910. The van der Waals surface area contributed by atoms with E-state index in [1.165, 1.54) is 6.07 Å². The van der Waals surface area contributed by atoms with E-state index >= 15 is 0 Å². The van der Waals surface area contributed by atoms with Crippen LogP contribution in [0.25, 0.3) is 0 Å². The molecule has 1 aromatic rings. The highest BCUT2D eigenvalue weighted by Crippen LogP contribution is 2.32. The normalized spacial score (nSPS) is 13.6. The molecule has 0 spiro atoms. The summed E-state index contributed by atoms with van der Waals surface area (Å²) in [5.74, 6) is 0.181. The maximum Gasteiger partial charge on any atom is 0.573 e. The minimum absolute atomic E-state index is 0.228. The molecule has 0 amide bonds. The zero-order valence-electron chi connectivity index (χ0n) is 10.3. The van der Waals surface area contributed by atoms with Crippen LogP contribution in [0.1, 0.15) is 20.8 Å². The number of alkyl halides is 3. The molecule has 0 fully saturated rings. The van der Waals surface area contributed by atoms with E-state index in [2.05, 4.69) is 39.8 Å². The third-order valence-corrected chi connectivity index (χ3v) is 3.17. The van der Waals surface area contributed by atoms with E-state index in [4.69, 9.17) is 0 Å². The lowest BCUT2D eigenvalue weighted by molar-refractivity contribution is -0.274. The zero-order valence-corrected chi connectivity index (χ0v) is 11.9. The molecule has 0 aromatic heterocycles. The van der Waals surface area contributed by atoms with Crippen LogP contribution >= 0.6 is 15.9 Å². The van der Waals surface area contributed by atoms with E-state index in [-0.39, 0.29) is 16.3 Å². The molecule has 1 N–H and O–H groups in total. The Bertz CT molecular complexity index is 407. The number of hydrogen-bond donors (Lipinski definition) is 1. The summed E-state index contributed by atoms with van der Waals surface area (Å²) < 4.78 is 40.4. The van der Waals surface area contributed by atoms with Gasteiger partial charge < -0.3 is 10.1 Å². The molecule has 0 radical (unpaired) electrons. The minimum atomic E-state index is -4.68. The molecular formula is C12H15BrF3NO. The molecule has 1 rings (SSSR count). The number of benzene rings is 1. The summed E-state index contributed by atoms with van der Waals surface area (Å²) in [4.78, 5) is 0. The smallest absolute Gasteiger partial charge is 0.405 e. The summed E-state index contributed by atoms with van der Waals surface area (Å²) in [6.45, 7) is 6.14. The molecule has 0 heterocycles. The molecule has 18 heavy (non-hydrogen) atoms. The van der Waals surface area contributed by atoms with Gasteiger partial charge in [0.1, 0.15) is 5.75 Å². The number of rotatable bonds is 4. The highest BCUT2D eigenvalue weighted by molar-refractivity contribution is 9.10. The van der Waals surface area contributed by atoms with Crippen molar-refractivity contribution < 1.29 is 17.9 Å². The molecule has 2 nitrogen and oxygen atoms in total. The van der Waals surface area contributed by atoms with Crippen molar-refractivity contribution in [2.45, 2.75) is 33.2 Å². The van der Waals surface area contributed by atoms with Gasteiger partial charge in [0.2, 0.25) is 0 Å². The first-order chi connectivity index (χ1) is 8.19. The maximum absolute atomic E-state index is 12.1. The van der Waals surface area contributed by atoms with Gasteiger partial charge in [-0.1, -0.05) is 13.8 Å². The third-order valence-electron chi connectivity index (χ3n) is 2.55. The highest BCUT2D eigenvalue weighted by Gasteiger charge is 2.31. The Morgan fingerprint density at radius 2 is 1.83 bits per heavy atom. The van der Waals surface area contributed by atoms with Crippen molar-refractivity contribution in [3.05, 3.63) is 22.7 Å². The first-order valence-electron chi connectivity index (χ1n) is 5.51. The second-order valence-corrected chi connectivity index (χ2v) is 5.22. The SMILES string of the molecule is CC(C)C(C)Nc1ccc(OC(F)(F)F)c(Br)c1. The van der Waals surface area contributed by atoms with E-state index in [0.29, 0.717) is 5.92 Å². The summed E-state index contributed by atoms with van der Waals surface area (Å²) in [7, 11) is 0. The molecule has 1 aromatic carbocycles. The molecule has 6 heteroatoms. The lowest BCUT2D eigenvalue weighted by Gasteiger charge is -2.19. The monoisotopic (exact) mass is 325 g/mol. The average molecular weight is 326 g/mol. The second-order valence-electron chi connectivity index (χ2n) is 4.37. The fraction of sp³-hybridized carbons (Fsp3) is 0.500. The Labute approximate surface area is 113 Å². The molecule has 102 valence electrons. The van der Waals surface area contributed by atoms with Crippen LogP contribution in [0.4, 0.5) is 18.9 Å². The van der Waals surface area contributed by atoms with Crippen molar-refractivity contribution in [1.29, 1.82) is 0 Å². The van der Waals surface area contributed by atoms with Crippen molar-refractivity contribution in [3.8, 4) is 5.75 Å². The first-order valence-corrected chi connectivity index (χ1v) is 6.30. The van der Waals surface area contributed by atoms with Gasteiger partial charge in [-0.2, -0.15) is 0 Å². The van der Waals surface area contributed by atoms with Gasteiger partial charge in [-0.05, 0) is 47.0 Å². The fourth-order valence-corrected chi connectivity index (χ4v) is 1.69. The number of halogens is 4. The standard InChI is InChI=1S/C12H15BrF3NO/c1-7(2)8(3)17-9-4-5-11(10(13)6-9)18-12(14,15)16/h4-8,17H,1-3H3. The first kappa shape index (κ1) is 15.1. The molecule has 0 bridgehead atoms. The van der Waals surface area contributed by atoms with Crippen molar-refractivity contribution in [2.24, 2.45) is 5.92 Å². The molecule has 0 aliphatic rings.